The number of carbonyl (C=O) groups excluding carboxylic acids is 1. The van der Waals surface area contributed by atoms with Crippen LogP contribution in [0.3, 0.4) is 0 Å². The summed E-state index contributed by atoms with van der Waals surface area (Å²) in [4.78, 5) is 24.7. The summed E-state index contributed by atoms with van der Waals surface area (Å²) in [6.07, 6.45) is 2.19. The molecule has 0 radical (unpaired) electrons. The molecule has 0 aromatic rings. The second-order valence-electron chi connectivity index (χ2n) is 6.16. The van der Waals surface area contributed by atoms with E-state index in [1.54, 1.807) is 4.90 Å². The summed E-state index contributed by atoms with van der Waals surface area (Å²) in [5.41, 5.74) is 0. The first kappa shape index (κ1) is 13.8. The lowest BCUT2D eigenvalue weighted by molar-refractivity contribution is -0.157. The topological polar surface area (TPSA) is 66.8 Å². The molecule has 0 aromatic heterocycles. The van der Waals surface area contributed by atoms with Gasteiger partial charge in [0.05, 0.1) is 12.0 Å². The maximum atomic E-state index is 13.3. The summed E-state index contributed by atoms with van der Waals surface area (Å²) in [7, 11) is 0. The van der Waals surface area contributed by atoms with Gasteiger partial charge < -0.3 is 14.7 Å². The Morgan fingerprint density at radius 1 is 1.20 bits per heavy atom. The van der Waals surface area contributed by atoms with E-state index in [2.05, 4.69) is 0 Å². The Morgan fingerprint density at radius 3 is 2.40 bits per heavy atom. The zero-order valence-electron chi connectivity index (χ0n) is 11.3. The monoisotopic (exact) mass is 285 g/mol. The van der Waals surface area contributed by atoms with Crippen molar-refractivity contribution in [1.82, 2.24) is 4.90 Å². The van der Waals surface area contributed by atoms with E-state index < -0.39 is 18.1 Å². The van der Waals surface area contributed by atoms with Crippen molar-refractivity contribution in [2.75, 3.05) is 19.7 Å². The molecule has 2 aliphatic heterocycles. The quantitative estimate of drug-likeness (QED) is 0.820. The molecule has 112 valence electrons. The number of carbonyl (C=O) groups is 2. The molecule has 3 atom stereocenters. The third-order valence-corrected chi connectivity index (χ3v) is 4.65. The molecule has 1 amide bonds. The lowest BCUT2D eigenvalue weighted by Crippen LogP contribution is -2.57. The maximum Gasteiger partial charge on any atom is 0.338 e. The predicted molar refractivity (Wildman–Crippen MR) is 67.8 cm³/mol. The standard InChI is InChI=1S/C14H20FNO4/c15-12(14(18)19)9-6-16(7-9)13(17)11(8-3-4-8)10-2-1-5-20-10/h8-12H,1-7H2,(H,18,19). The third-order valence-electron chi connectivity index (χ3n) is 4.65. The van der Waals surface area contributed by atoms with Gasteiger partial charge in [0, 0.05) is 25.6 Å². The molecule has 0 bridgehead atoms. The van der Waals surface area contributed by atoms with Crippen LogP contribution in [0.2, 0.25) is 0 Å². The van der Waals surface area contributed by atoms with E-state index >= 15 is 0 Å². The number of hydrogen-bond acceptors (Lipinski definition) is 3. The van der Waals surface area contributed by atoms with Gasteiger partial charge in [-0.1, -0.05) is 0 Å². The average Bonchev–Trinajstić information content (AvgIpc) is 3.02. The Kier molecular flexibility index (Phi) is 3.67. The van der Waals surface area contributed by atoms with Gasteiger partial charge in [0.2, 0.25) is 12.1 Å². The van der Waals surface area contributed by atoms with Crippen LogP contribution < -0.4 is 0 Å². The van der Waals surface area contributed by atoms with Crippen molar-refractivity contribution < 1.29 is 23.8 Å². The Balaban J connectivity index is 1.57. The number of aliphatic carboxylic acids is 1. The molecule has 20 heavy (non-hydrogen) atoms. The van der Waals surface area contributed by atoms with Crippen LogP contribution in [0.5, 0.6) is 0 Å². The molecule has 3 rings (SSSR count). The van der Waals surface area contributed by atoms with Crippen molar-refractivity contribution in [1.29, 1.82) is 0 Å². The lowest BCUT2D eigenvalue weighted by Gasteiger charge is -2.42. The fraction of sp³-hybridized carbons (Fsp3) is 0.857. The van der Waals surface area contributed by atoms with Crippen LogP contribution in [0.25, 0.3) is 0 Å². The predicted octanol–water partition coefficient (Wildman–Crippen LogP) is 1.07. The molecule has 3 fully saturated rings. The second kappa shape index (κ2) is 5.31. The van der Waals surface area contributed by atoms with Crippen LogP contribution >= 0.6 is 0 Å². The highest BCUT2D eigenvalue weighted by Crippen LogP contribution is 2.43. The van der Waals surface area contributed by atoms with E-state index in [9.17, 15) is 14.0 Å². The second-order valence-corrected chi connectivity index (χ2v) is 6.16. The van der Waals surface area contributed by atoms with Crippen LogP contribution in [0.15, 0.2) is 0 Å². The zero-order chi connectivity index (χ0) is 14.3. The van der Waals surface area contributed by atoms with Gasteiger partial charge in [-0.2, -0.15) is 0 Å². The molecule has 0 aromatic carbocycles. The minimum Gasteiger partial charge on any atom is -0.479 e. The number of amides is 1. The van der Waals surface area contributed by atoms with Crippen molar-refractivity contribution in [2.24, 2.45) is 17.8 Å². The van der Waals surface area contributed by atoms with Crippen LogP contribution in [0.4, 0.5) is 4.39 Å². The van der Waals surface area contributed by atoms with E-state index in [0.29, 0.717) is 5.92 Å². The Hall–Kier alpha value is -1.17. The average molecular weight is 285 g/mol. The zero-order valence-corrected chi connectivity index (χ0v) is 11.3. The van der Waals surface area contributed by atoms with Gasteiger partial charge >= 0.3 is 5.97 Å². The number of carboxylic acids is 1. The highest BCUT2D eigenvalue weighted by molar-refractivity contribution is 5.81. The van der Waals surface area contributed by atoms with Crippen LogP contribution in [-0.4, -0.2) is 53.9 Å². The lowest BCUT2D eigenvalue weighted by atomic mass is 9.88. The third kappa shape index (κ3) is 2.53. The van der Waals surface area contributed by atoms with Gasteiger partial charge in [-0.05, 0) is 31.6 Å². The van der Waals surface area contributed by atoms with Gasteiger partial charge in [-0.3, -0.25) is 4.79 Å². The van der Waals surface area contributed by atoms with Crippen molar-refractivity contribution in [2.45, 2.75) is 38.0 Å². The number of nitrogens with zero attached hydrogens (tertiary/aromatic N) is 1. The Labute approximate surface area is 117 Å². The van der Waals surface area contributed by atoms with Crippen molar-refractivity contribution >= 4 is 11.9 Å². The largest absolute Gasteiger partial charge is 0.479 e. The summed E-state index contributed by atoms with van der Waals surface area (Å²) in [6.45, 7) is 1.17. The summed E-state index contributed by atoms with van der Waals surface area (Å²) in [6, 6.07) is 0. The Bertz CT molecular complexity index is 400. The normalized spacial score (nSPS) is 29.9. The summed E-state index contributed by atoms with van der Waals surface area (Å²) in [5, 5.41) is 8.62. The molecule has 2 heterocycles. The van der Waals surface area contributed by atoms with Crippen LogP contribution in [0, 0.1) is 17.8 Å². The number of rotatable bonds is 5. The molecule has 0 spiro atoms. The summed E-state index contributed by atoms with van der Waals surface area (Å²) in [5.74, 6) is -1.64. The molecule has 3 aliphatic rings. The molecule has 1 N–H and O–H groups in total. The fourth-order valence-corrected chi connectivity index (χ4v) is 3.30. The van der Waals surface area contributed by atoms with E-state index in [0.717, 1.165) is 32.3 Å². The SMILES string of the molecule is O=C(O)C(F)C1CN(C(=O)C(C2CC2)C2CCCO2)C1. The van der Waals surface area contributed by atoms with Gasteiger partial charge in [0.25, 0.3) is 0 Å². The van der Waals surface area contributed by atoms with Crippen LogP contribution in [-0.2, 0) is 14.3 Å². The minimum absolute atomic E-state index is 0.00898. The molecule has 5 nitrogen and oxygen atoms in total. The van der Waals surface area contributed by atoms with Gasteiger partial charge in [-0.25, -0.2) is 9.18 Å². The number of alkyl halides is 1. The molecule has 1 saturated carbocycles. The number of hydrogen-bond donors (Lipinski definition) is 1. The molecule has 1 aliphatic carbocycles. The van der Waals surface area contributed by atoms with E-state index in [1.165, 1.54) is 0 Å². The molecular formula is C14H20FNO4. The first-order valence-electron chi connectivity index (χ1n) is 7.35. The van der Waals surface area contributed by atoms with Crippen molar-refractivity contribution in [3.05, 3.63) is 0 Å². The van der Waals surface area contributed by atoms with Gasteiger partial charge in [-0.15, -0.1) is 0 Å². The molecule has 3 unspecified atom stereocenters. The smallest absolute Gasteiger partial charge is 0.338 e. The van der Waals surface area contributed by atoms with Crippen molar-refractivity contribution in [3.8, 4) is 0 Å². The first-order valence-corrected chi connectivity index (χ1v) is 7.35. The van der Waals surface area contributed by atoms with Crippen LogP contribution in [0.1, 0.15) is 25.7 Å². The minimum atomic E-state index is -1.86. The number of carboxylic acid groups (broad SMARTS) is 1. The number of halogens is 1. The van der Waals surface area contributed by atoms with Gasteiger partial charge in [0.1, 0.15) is 0 Å². The van der Waals surface area contributed by atoms with Crippen molar-refractivity contribution in [3.63, 3.8) is 0 Å². The summed E-state index contributed by atoms with van der Waals surface area (Å²) < 4.78 is 19.0. The van der Waals surface area contributed by atoms with Gasteiger partial charge in [0.15, 0.2) is 0 Å². The highest BCUT2D eigenvalue weighted by atomic mass is 19.1. The number of ether oxygens (including phenoxy) is 1. The fourth-order valence-electron chi connectivity index (χ4n) is 3.30. The maximum absolute atomic E-state index is 13.3. The molecule has 2 saturated heterocycles. The van der Waals surface area contributed by atoms with E-state index in [1.807, 2.05) is 0 Å². The highest BCUT2D eigenvalue weighted by Gasteiger charge is 2.48. The molecule has 6 heteroatoms. The summed E-state index contributed by atoms with van der Waals surface area (Å²) >= 11 is 0. The number of likely N-dealkylation sites (tertiary alicyclic amines) is 1. The first-order chi connectivity index (χ1) is 9.58. The molecular weight excluding hydrogens is 265 g/mol. The Morgan fingerprint density at radius 2 is 1.90 bits per heavy atom. The van der Waals surface area contributed by atoms with E-state index in [4.69, 9.17) is 9.84 Å². The van der Waals surface area contributed by atoms with E-state index in [-0.39, 0.29) is 31.0 Å².